The minimum atomic E-state index is 0.354. The molecule has 1 aromatic carbocycles. The molecule has 3 saturated carbocycles. The molecule has 1 N–H and O–H groups in total. The molecule has 2 bridgehead atoms. The van der Waals surface area contributed by atoms with Crippen molar-refractivity contribution < 1.29 is 0 Å². The lowest BCUT2D eigenvalue weighted by Gasteiger charge is -2.38. The predicted molar refractivity (Wildman–Crippen MR) is 86.2 cm³/mol. The van der Waals surface area contributed by atoms with E-state index in [1.54, 1.807) is 17.5 Å². The summed E-state index contributed by atoms with van der Waals surface area (Å²) in [4.78, 5) is 0. The van der Waals surface area contributed by atoms with Gasteiger partial charge in [-0.05, 0) is 72.3 Å². The van der Waals surface area contributed by atoms with E-state index in [1.807, 2.05) is 0 Å². The molecule has 21 heavy (non-hydrogen) atoms. The zero-order valence-corrected chi connectivity index (χ0v) is 13.3. The van der Waals surface area contributed by atoms with E-state index in [9.17, 15) is 0 Å². The number of hydrogen-bond acceptors (Lipinski definition) is 1. The van der Waals surface area contributed by atoms with Crippen LogP contribution in [0.2, 0.25) is 0 Å². The van der Waals surface area contributed by atoms with Gasteiger partial charge in [0.25, 0.3) is 0 Å². The van der Waals surface area contributed by atoms with Crippen LogP contribution in [0.15, 0.2) is 24.3 Å². The summed E-state index contributed by atoms with van der Waals surface area (Å²) in [5.74, 6) is 4.25. The molecule has 1 aromatic rings. The monoisotopic (exact) mass is 281 g/mol. The van der Waals surface area contributed by atoms with E-state index in [2.05, 4.69) is 43.4 Å². The van der Waals surface area contributed by atoms with E-state index in [0.717, 1.165) is 29.7 Å². The fourth-order valence-corrected chi connectivity index (χ4v) is 6.17. The Morgan fingerprint density at radius 3 is 2.48 bits per heavy atom. The van der Waals surface area contributed by atoms with Crippen LogP contribution in [0.25, 0.3) is 0 Å². The zero-order chi connectivity index (χ0) is 14.2. The van der Waals surface area contributed by atoms with Crippen molar-refractivity contribution in [1.82, 2.24) is 5.32 Å². The maximum Gasteiger partial charge on any atom is 0.0326 e. The van der Waals surface area contributed by atoms with E-state index >= 15 is 0 Å². The van der Waals surface area contributed by atoms with E-state index in [-0.39, 0.29) is 0 Å². The quantitative estimate of drug-likeness (QED) is 0.845. The van der Waals surface area contributed by atoms with Crippen molar-refractivity contribution in [3.05, 3.63) is 35.4 Å². The van der Waals surface area contributed by atoms with E-state index < -0.39 is 0 Å². The molecule has 0 amide bonds. The van der Waals surface area contributed by atoms with E-state index in [4.69, 9.17) is 0 Å². The summed E-state index contributed by atoms with van der Waals surface area (Å²) in [6.07, 6.45) is 7.24. The summed E-state index contributed by atoms with van der Waals surface area (Å²) in [6.45, 7) is 4.82. The SMILES string of the molecule is CC1(C)CCC(NC2C3C4CCC(C4)C23)c2ccccc21. The van der Waals surface area contributed by atoms with Gasteiger partial charge in [0.2, 0.25) is 0 Å². The average Bonchev–Trinajstić information content (AvgIpc) is 2.87. The van der Waals surface area contributed by atoms with Crippen LogP contribution in [0, 0.1) is 23.7 Å². The Kier molecular flexibility index (Phi) is 2.50. The molecule has 5 atom stereocenters. The molecule has 0 spiro atoms. The van der Waals surface area contributed by atoms with Crippen molar-refractivity contribution in [2.45, 2.75) is 63.5 Å². The summed E-state index contributed by atoms with van der Waals surface area (Å²) < 4.78 is 0. The molecule has 0 aromatic heterocycles. The normalized spacial score (nSPS) is 45.2. The van der Waals surface area contributed by atoms with Gasteiger partial charge in [-0.15, -0.1) is 0 Å². The van der Waals surface area contributed by atoms with Crippen molar-refractivity contribution in [2.75, 3.05) is 0 Å². The summed E-state index contributed by atoms with van der Waals surface area (Å²) in [5.41, 5.74) is 3.53. The van der Waals surface area contributed by atoms with Gasteiger partial charge in [-0.2, -0.15) is 0 Å². The standard InChI is InChI=1S/C20H27N/c1-20(2)10-9-16(14-5-3-4-6-15(14)20)21-19-17-12-7-8-13(11-12)18(17)19/h3-6,12-13,16-19,21H,7-11H2,1-2H3. The van der Waals surface area contributed by atoms with Crippen molar-refractivity contribution in [2.24, 2.45) is 23.7 Å². The third-order valence-corrected chi connectivity index (χ3v) is 7.25. The van der Waals surface area contributed by atoms with Crippen LogP contribution >= 0.6 is 0 Å². The first-order valence-electron chi connectivity index (χ1n) is 9.00. The van der Waals surface area contributed by atoms with Crippen LogP contribution in [-0.2, 0) is 5.41 Å². The van der Waals surface area contributed by atoms with Gasteiger partial charge in [-0.3, -0.25) is 0 Å². The van der Waals surface area contributed by atoms with Gasteiger partial charge in [-0.25, -0.2) is 0 Å². The molecule has 3 fully saturated rings. The van der Waals surface area contributed by atoms with Crippen LogP contribution in [0.1, 0.15) is 63.1 Å². The minimum absolute atomic E-state index is 0.354. The number of benzene rings is 1. The molecule has 0 heterocycles. The molecule has 5 unspecified atom stereocenters. The highest BCUT2D eigenvalue weighted by Crippen LogP contribution is 2.66. The molecule has 4 aliphatic rings. The third-order valence-electron chi connectivity index (χ3n) is 7.25. The second-order valence-electron chi connectivity index (χ2n) is 8.74. The fourth-order valence-electron chi connectivity index (χ4n) is 6.17. The molecular formula is C20H27N. The first-order valence-corrected chi connectivity index (χ1v) is 9.00. The zero-order valence-electron chi connectivity index (χ0n) is 13.3. The largest absolute Gasteiger partial charge is 0.307 e. The van der Waals surface area contributed by atoms with Gasteiger partial charge >= 0.3 is 0 Å². The topological polar surface area (TPSA) is 12.0 Å². The van der Waals surface area contributed by atoms with Crippen LogP contribution < -0.4 is 5.32 Å². The number of hydrogen-bond donors (Lipinski definition) is 1. The summed E-state index contributed by atoms with van der Waals surface area (Å²) in [6, 6.07) is 10.7. The number of rotatable bonds is 2. The molecule has 0 aliphatic heterocycles. The number of nitrogens with one attached hydrogen (secondary N) is 1. The van der Waals surface area contributed by atoms with Gasteiger partial charge in [-0.1, -0.05) is 38.1 Å². The first-order chi connectivity index (χ1) is 10.1. The molecule has 0 saturated heterocycles. The average molecular weight is 281 g/mol. The molecule has 1 heteroatoms. The van der Waals surface area contributed by atoms with Crippen molar-refractivity contribution in [3.63, 3.8) is 0 Å². The van der Waals surface area contributed by atoms with Crippen LogP contribution in [-0.4, -0.2) is 6.04 Å². The lowest BCUT2D eigenvalue weighted by atomic mass is 9.71. The van der Waals surface area contributed by atoms with Crippen LogP contribution in [0.4, 0.5) is 0 Å². The molecule has 1 nitrogen and oxygen atoms in total. The molecule has 4 aliphatic carbocycles. The highest BCUT2D eigenvalue weighted by atomic mass is 15.0. The molecule has 0 radical (unpaired) electrons. The lowest BCUT2D eigenvalue weighted by molar-refractivity contribution is 0.336. The second kappa shape index (κ2) is 4.13. The molecule has 112 valence electrons. The summed E-state index contributed by atoms with van der Waals surface area (Å²) in [7, 11) is 0. The van der Waals surface area contributed by atoms with Crippen LogP contribution in [0.3, 0.4) is 0 Å². The minimum Gasteiger partial charge on any atom is -0.307 e. The van der Waals surface area contributed by atoms with Crippen molar-refractivity contribution in [1.29, 1.82) is 0 Å². The lowest BCUT2D eigenvalue weighted by Crippen LogP contribution is -2.35. The number of fused-ring (bicyclic) bond motifs is 6. The third kappa shape index (κ3) is 1.73. The van der Waals surface area contributed by atoms with Gasteiger partial charge < -0.3 is 5.32 Å². The summed E-state index contributed by atoms with van der Waals surface area (Å²) >= 11 is 0. The molecular weight excluding hydrogens is 254 g/mol. The first kappa shape index (κ1) is 12.7. The highest BCUT2D eigenvalue weighted by Gasteiger charge is 2.65. The summed E-state index contributed by atoms with van der Waals surface area (Å²) in [5, 5.41) is 4.09. The maximum absolute atomic E-state index is 4.09. The molecule has 5 rings (SSSR count). The van der Waals surface area contributed by atoms with Crippen molar-refractivity contribution in [3.8, 4) is 0 Å². The maximum atomic E-state index is 4.09. The van der Waals surface area contributed by atoms with Gasteiger partial charge in [0.15, 0.2) is 0 Å². The van der Waals surface area contributed by atoms with Gasteiger partial charge in [0.05, 0.1) is 0 Å². The second-order valence-corrected chi connectivity index (χ2v) is 8.74. The predicted octanol–water partition coefficient (Wildman–Crippen LogP) is 4.43. The Bertz CT molecular complexity index is 559. The Balaban J connectivity index is 1.39. The Morgan fingerprint density at radius 1 is 1.00 bits per heavy atom. The van der Waals surface area contributed by atoms with Crippen LogP contribution in [0.5, 0.6) is 0 Å². The smallest absolute Gasteiger partial charge is 0.0326 e. The Morgan fingerprint density at radius 2 is 1.71 bits per heavy atom. The van der Waals surface area contributed by atoms with Gasteiger partial charge in [0, 0.05) is 12.1 Å². The highest BCUT2D eigenvalue weighted by molar-refractivity contribution is 5.38. The fraction of sp³-hybridized carbons (Fsp3) is 0.700. The van der Waals surface area contributed by atoms with E-state index in [1.165, 1.54) is 25.7 Å². The van der Waals surface area contributed by atoms with E-state index in [0.29, 0.717) is 11.5 Å². The Labute approximate surface area is 128 Å². The van der Waals surface area contributed by atoms with Crippen molar-refractivity contribution >= 4 is 0 Å². The van der Waals surface area contributed by atoms with Gasteiger partial charge in [0.1, 0.15) is 0 Å². The Hall–Kier alpha value is -0.820.